The first-order chi connectivity index (χ1) is 19.3. The van der Waals surface area contributed by atoms with Gasteiger partial charge in [-0.1, -0.05) is 48.5 Å². The maximum absolute atomic E-state index is 4.93. The van der Waals surface area contributed by atoms with Crippen molar-refractivity contribution in [1.82, 2.24) is 49.1 Å². The molecular formula is C28H16N10S. The SMILES string of the molecule is c1ccc2c(-c3nnc4ccccn34)nc(Sc3nc(-c4nnc5ccccn45)c4ccccc4n3)nc2c1. The van der Waals surface area contributed by atoms with Crippen LogP contribution in [0.3, 0.4) is 0 Å². The molecule has 0 aliphatic heterocycles. The third-order valence-corrected chi connectivity index (χ3v) is 7.13. The fraction of sp³-hybridized carbons (Fsp3) is 0. The van der Waals surface area contributed by atoms with Gasteiger partial charge in [0.05, 0.1) is 11.0 Å². The van der Waals surface area contributed by atoms with Crippen LogP contribution in [-0.2, 0) is 0 Å². The van der Waals surface area contributed by atoms with Crippen LogP contribution in [0.4, 0.5) is 0 Å². The molecule has 0 fully saturated rings. The van der Waals surface area contributed by atoms with Gasteiger partial charge in [-0.2, -0.15) is 0 Å². The topological polar surface area (TPSA) is 112 Å². The number of pyridine rings is 2. The van der Waals surface area contributed by atoms with E-state index >= 15 is 0 Å². The Balaban J connectivity index is 1.30. The lowest BCUT2D eigenvalue weighted by Gasteiger charge is -2.09. The molecule has 0 aliphatic rings. The maximum atomic E-state index is 4.93. The van der Waals surface area contributed by atoms with Crippen LogP contribution in [0, 0.1) is 0 Å². The quantitative estimate of drug-likeness (QED) is 0.289. The highest BCUT2D eigenvalue weighted by Crippen LogP contribution is 2.33. The monoisotopic (exact) mass is 524 g/mol. The highest BCUT2D eigenvalue weighted by molar-refractivity contribution is 7.99. The zero-order chi connectivity index (χ0) is 25.8. The van der Waals surface area contributed by atoms with E-state index in [1.54, 1.807) is 0 Å². The van der Waals surface area contributed by atoms with Gasteiger partial charge in [0.25, 0.3) is 0 Å². The summed E-state index contributed by atoms with van der Waals surface area (Å²) in [6.07, 6.45) is 3.85. The van der Waals surface area contributed by atoms with Crippen molar-refractivity contribution in [3.8, 4) is 23.0 Å². The van der Waals surface area contributed by atoms with Gasteiger partial charge >= 0.3 is 0 Å². The van der Waals surface area contributed by atoms with E-state index in [9.17, 15) is 0 Å². The van der Waals surface area contributed by atoms with Gasteiger partial charge in [-0.3, -0.25) is 8.80 Å². The van der Waals surface area contributed by atoms with Crippen molar-refractivity contribution in [3.05, 3.63) is 97.3 Å². The minimum atomic E-state index is 0.503. The molecule has 0 radical (unpaired) electrons. The van der Waals surface area contributed by atoms with Gasteiger partial charge in [-0.15, -0.1) is 20.4 Å². The molecule has 11 heteroatoms. The van der Waals surface area contributed by atoms with Gasteiger partial charge in [0, 0.05) is 23.2 Å². The summed E-state index contributed by atoms with van der Waals surface area (Å²) in [7, 11) is 0. The second-order valence-corrected chi connectivity index (χ2v) is 9.69. The lowest BCUT2D eigenvalue weighted by Crippen LogP contribution is -2.00. The molecule has 0 N–H and O–H groups in total. The van der Waals surface area contributed by atoms with Gasteiger partial charge in [-0.25, -0.2) is 19.9 Å². The molecule has 10 nitrogen and oxygen atoms in total. The summed E-state index contributed by atoms with van der Waals surface area (Å²) in [5.41, 5.74) is 4.45. The Bertz CT molecular complexity index is 2030. The maximum Gasteiger partial charge on any atom is 0.196 e. The molecule has 0 unspecified atom stereocenters. The first kappa shape index (κ1) is 21.8. The summed E-state index contributed by atoms with van der Waals surface area (Å²) in [5, 5.41) is 20.3. The molecule has 2 aromatic carbocycles. The van der Waals surface area contributed by atoms with Gasteiger partial charge in [0.15, 0.2) is 33.3 Å². The van der Waals surface area contributed by atoms with Crippen molar-refractivity contribution in [2.24, 2.45) is 0 Å². The van der Waals surface area contributed by atoms with E-state index in [4.69, 9.17) is 19.9 Å². The van der Waals surface area contributed by atoms with Gasteiger partial charge in [-0.05, 0) is 48.2 Å². The fourth-order valence-electron chi connectivity index (χ4n) is 4.63. The van der Waals surface area contributed by atoms with Crippen LogP contribution in [0.25, 0.3) is 56.1 Å². The van der Waals surface area contributed by atoms with Crippen LogP contribution in [0.1, 0.15) is 0 Å². The largest absolute Gasteiger partial charge is 0.281 e. The summed E-state index contributed by atoms with van der Waals surface area (Å²) in [6, 6.07) is 27.3. The van der Waals surface area contributed by atoms with Crippen molar-refractivity contribution < 1.29 is 0 Å². The van der Waals surface area contributed by atoms with Crippen LogP contribution in [0.2, 0.25) is 0 Å². The molecule has 6 aromatic heterocycles. The van der Waals surface area contributed by atoms with Crippen molar-refractivity contribution in [1.29, 1.82) is 0 Å². The molecule has 0 aliphatic carbocycles. The molecule has 0 atom stereocenters. The average molecular weight is 525 g/mol. The summed E-state index contributed by atoms with van der Waals surface area (Å²) in [4.78, 5) is 19.5. The molecule has 0 amide bonds. The van der Waals surface area contributed by atoms with Crippen LogP contribution in [-0.4, -0.2) is 49.1 Å². The molecule has 0 spiro atoms. The van der Waals surface area contributed by atoms with Gasteiger partial charge < -0.3 is 0 Å². The summed E-state index contributed by atoms with van der Waals surface area (Å²) < 4.78 is 3.84. The third-order valence-electron chi connectivity index (χ3n) is 6.40. The Morgan fingerprint density at radius 1 is 0.462 bits per heavy atom. The van der Waals surface area contributed by atoms with Crippen molar-refractivity contribution in [3.63, 3.8) is 0 Å². The fourth-order valence-corrected chi connectivity index (χ4v) is 5.36. The lowest BCUT2D eigenvalue weighted by molar-refractivity contribution is 0.949. The van der Waals surface area contributed by atoms with E-state index in [1.165, 1.54) is 11.8 Å². The number of hydrogen-bond acceptors (Lipinski definition) is 9. The zero-order valence-electron chi connectivity index (χ0n) is 20.1. The highest BCUT2D eigenvalue weighted by atomic mass is 32.2. The molecule has 8 aromatic rings. The number of fused-ring (bicyclic) bond motifs is 4. The second kappa shape index (κ2) is 8.64. The zero-order valence-corrected chi connectivity index (χ0v) is 20.9. The van der Waals surface area contributed by atoms with Crippen LogP contribution < -0.4 is 0 Å². The Morgan fingerprint density at radius 3 is 1.44 bits per heavy atom. The molecule has 0 bridgehead atoms. The van der Waals surface area contributed by atoms with Gasteiger partial charge in [0.1, 0.15) is 11.4 Å². The van der Waals surface area contributed by atoms with E-state index in [0.29, 0.717) is 33.3 Å². The molecule has 0 saturated carbocycles. The first-order valence-electron chi connectivity index (χ1n) is 12.1. The summed E-state index contributed by atoms with van der Waals surface area (Å²) in [6.45, 7) is 0. The van der Waals surface area contributed by atoms with E-state index in [2.05, 4.69) is 20.4 Å². The Morgan fingerprint density at radius 2 is 0.923 bits per heavy atom. The summed E-state index contributed by atoms with van der Waals surface area (Å²) in [5.74, 6) is 1.28. The minimum absolute atomic E-state index is 0.503. The summed E-state index contributed by atoms with van der Waals surface area (Å²) >= 11 is 1.29. The van der Waals surface area contributed by atoms with Crippen LogP contribution >= 0.6 is 11.8 Å². The molecule has 8 rings (SSSR count). The number of rotatable bonds is 4. The standard InChI is InChI=1S/C28H16N10S/c1-3-11-19-17(9-1)23(25-35-33-21-13-5-7-15-37(21)25)31-27(29-19)39-28-30-20-12-4-2-10-18(20)24(32-28)26-36-34-22-14-6-8-16-38(22)26/h1-16H. The Kier molecular flexibility index (Phi) is 4.82. The number of benzene rings is 2. The van der Waals surface area contributed by atoms with Crippen molar-refractivity contribution in [2.75, 3.05) is 0 Å². The van der Waals surface area contributed by atoms with Crippen LogP contribution in [0.5, 0.6) is 0 Å². The smallest absolute Gasteiger partial charge is 0.196 e. The lowest BCUT2D eigenvalue weighted by atomic mass is 10.2. The molecule has 0 saturated heterocycles. The van der Waals surface area contributed by atoms with E-state index in [1.807, 2.05) is 106 Å². The Labute approximate surface area is 224 Å². The van der Waals surface area contributed by atoms with E-state index in [0.717, 1.165) is 33.1 Å². The van der Waals surface area contributed by atoms with Gasteiger partial charge in [0.2, 0.25) is 0 Å². The number of nitrogens with zero attached hydrogens (tertiary/aromatic N) is 10. The van der Waals surface area contributed by atoms with E-state index in [-0.39, 0.29) is 0 Å². The predicted molar refractivity (Wildman–Crippen MR) is 147 cm³/mol. The number of hydrogen-bond donors (Lipinski definition) is 0. The van der Waals surface area contributed by atoms with E-state index < -0.39 is 0 Å². The molecular weight excluding hydrogens is 508 g/mol. The molecule has 6 heterocycles. The predicted octanol–water partition coefficient (Wildman–Crippen LogP) is 5.14. The minimum Gasteiger partial charge on any atom is -0.281 e. The molecule has 184 valence electrons. The number of aromatic nitrogens is 10. The normalized spacial score (nSPS) is 11.7. The Hall–Kier alpha value is -5.29. The highest BCUT2D eigenvalue weighted by Gasteiger charge is 2.19. The third kappa shape index (κ3) is 3.59. The van der Waals surface area contributed by atoms with Crippen molar-refractivity contribution in [2.45, 2.75) is 10.3 Å². The van der Waals surface area contributed by atoms with Crippen molar-refractivity contribution >= 4 is 44.9 Å². The second-order valence-electron chi connectivity index (χ2n) is 8.75. The molecule has 39 heavy (non-hydrogen) atoms. The number of para-hydroxylation sites is 2. The first-order valence-corrected chi connectivity index (χ1v) is 13.0. The van der Waals surface area contributed by atoms with Crippen LogP contribution in [0.15, 0.2) is 108 Å². The average Bonchev–Trinajstić information content (AvgIpc) is 3.61.